The zero-order chi connectivity index (χ0) is 26.1. The minimum absolute atomic E-state index is 0.0470. The Morgan fingerprint density at radius 1 is 1.28 bits per heavy atom. The predicted octanol–water partition coefficient (Wildman–Crippen LogP) is 6.07. The number of benzene rings is 1. The van der Waals surface area contributed by atoms with Gasteiger partial charge in [-0.15, -0.1) is 0 Å². The second-order valence-corrected chi connectivity index (χ2v) is 9.25. The second-order valence-electron chi connectivity index (χ2n) is 7.98. The molecule has 10 nitrogen and oxygen atoms in total. The Bertz CT molecular complexity index is 1440. The Balaban J connectivity index is 1.78. The fourth-order valence-corrected chi connectivity index (χ4v) is 4.38. The van der Waals surface area contributed by atoms with E-state index >= 15 is 0 Å². The molecule has 0 saturated heterocycles. The summed E-state index contributed by atoms with van der Waals surface area (Å²) >= 11 is 9.64. The highest BCUT2D eigenvalue weighted by Crippen LogP contribution is 2.40. The normalized spacial score (nSPS) is 12.0. The van der Waals surface area contributed by atoms with Crippen LogP contribution in [0.3, 0.4) is 0 Å². The van der Waals surface area contributed by atoms with Crippen molar-refractivity contribution in [2.45, 2.75) is 26.5 Å². The SMILES string of the molecule is CCn1cc(N(C)c2cn(C)nc2-c2ccc(F)cc2[C@@H](C)Oc2cc(Br)cnc2[N+](=O)[O-])c(Cl)n1. The molecular weight excluding hydrogens is 557 g/mol. The lowest BCUT2D eigenvalue weighted by Gasteiger charge is -2.21. The van der Waals surface area contributed by atoms with Crippen LogP contribution in [0.2, 0.25) is 5.15 Å². The number of nitrogens with zero attached hydrogens (tertiary/aromatic N) is 7. The van der Waals surface area contributed by atoms with Crippen molar-refractivity contribution in [1.82, 2.24) is 24.5 Å². The van der Waals surface area contributed by atoms with Gasteiger partial charge in [0.05, 0.1) is 22.0 Å². The van der Waals surface area contributed by atoms with Crippen LogP contribution in [0.4, 0.5) is 21.6 Å². The predicted molar refractivity (Wildman–Crippen MR) is 137 cm³/mol. The molecule has 0 radical (unpaired) electrons. The fourth-order valence-electron chi connectivity index (χ4n) is 3.79. The van der Waals surface area contributed by atoms with Gasteiger partial charge in [-0.3, -0.25) is 9.36 Å². The van der Waals surface area contributed by atoms with Crippen LogP contribution >= 0.6 is 27.5 Å². The van der Waals surface area contributed by atoms with Crippen LogP contribution in [0.1, 0.15) is 25.5 Å². The Kier molecular flexibility index (Phi) is 7.27. The largest absolute Gasteiger partial charge is 0.478 e. The Morgan fingerprint density at radius 3 is 2.69 bits per heavy atom. The van der Waals surface area contributed by atoms with Crippen LogP contribution < -0.4 is 9.64 Å². The van der Waals surface area contributed by atoms with Crippen molar-refractivity contribution in [2.24, 2.45) is 7.05 Å². The van der Waals surface area contributed by atoms with E-state index in [2.05, 4.69) is 31.1 Å². The number of hydrogen-bond donors (Lipinski definition) is 0. The number of rotatable bonds is 8. The Hall–Kier alpha value is -3.51. The molecule has 0 fully saturated rings. The van der Waals surface area contributed by atoms with Crippen LogP contribution in [0, 0.1) is 15.9 Å². The maximum Gasteiger partial charge on any atom is 0.406 e. The summed E-state index contributed by atoms with van der Waals surface area (Å²) in [5.74, 6) is -0.970. The molecule has 1 aromatic carbocycles. The standard InChI is InChI=1S/C23H22BrClFN7O3/c1-5-32-12-19(22(25)29-32)31(4)18-11-30(3)28-21(18)16-7-6-15(26)9-17(16)13(2)36-20-8-14(24)10-27-23(20)33(34)35/h6-13H,5H2,1-4H3/t13-/m1/s1. The van der Waals surface area contributed by atoms with Gasteiger partial charge in [0.15, 0.2) is 11.3 Å². The number of pyridine rings is 1. The zero-order valence-corrected chi connectivity index (χ0v) is 22.2. The van der Waals surface area contributed by atoms with Gasteiger partial charge in [-0.2, -0.15) is 10.2 Å². The molecule has 13 heteroatoms. The summed E-state index contributed by atoms with van der Waals surface area (Å²) in [5.41, 5.74) is 2.97. The number of nitro groups is 1. The van der Waals surface area contributed by atoms with E-state index in [0.717, 1.165) is 0 Å². The third-order valence-corrected chi connectivity index (χ3v) is 6.24. The van der Waals surface area contributed by atoms with E-state index in [1.54, 1.807) is 29.4 Å². The van der Waals surface area contributed by atoms with Gasteiger partial charge in [0.25, 0.3) is 0 Å². The summed E-state index contributed by atoms with van der Waals surface area (Å²) in [6, 6.07) is 5.72. The van der Waals surface area contributed by atoms with Crippen molar-refractivity contribution in [3.63, 3.8) is 0 Å². The fraction of sp³-hybridized carbons (Fsp3) is 0.261. The third-order valence-electron chi connectivity index (χ3n) is 5.54. The third kappa shape index (κ3) is 5.05. The molecule has 4 rings (SSSR count). The monoisotopic (exact) mass is 577 g/mol. The van der Waals surface area contributed by atoms with Crippen molar-refractivity contribution in [2.75, 3.05) is 11.9 Å². The molecule has 188 valence electrons. The van der Waals surface area contributed by atoms with E-state index in [1.165, 1.54) is 24.4 Å². The Labute approximate surface area is 219 Å². The smallest absolute Gasteiger partial charge is 0.406 e. The lowest BCUT2D eigenvalue weighted by Crippen LogP contribution is -2.11. The Morgan fingerprint density at radius 2 is 2.03 bits per heavy atom. The first kappa shape index (κ1) is 25.6. The zero-order valence-electron chi connectivity index (χ0n) is 19.8. The van der Waals surface area contributed by atoms with Gasteiger partial charge in [0.1, 0.15) is 17.6 Å². The first-order chi connectivity index (χ1) is 17.1. The van der Waals surface area contributed by atoms with Crippen molar-refractivity contribution >= 4 is 44.7 Å². The van der Waals surface area contributed by atoms with Gasteiger partial charge in [-0.05, 0) is 57.9 Å². The van der Waals surface area contributed by atoms with Crippen LogP contribution in [0.25, 0.3) is 11.3 Å². The maximum atomic E-state index is 14.4. The average Bonchev–Trinajstić information content (AvgIpc) is 3.40. The number of aryl methyl sites for hydroxylation is 2. The molecule has 36 heavy (non-hydrogen) atoms. The van der Waals surface area contributed by atoms with Crippen molar-refractivity contribution in [3.8, 4) is 17.0 Å². The molecule has 1 atom stereocenters. The highest BCUT2D eigenvalue weighted by molar-refractivity contribution is 9.10. The topological polar surface area (TPSA) is 104 Å². The summed E-state index contributed by atoms with van der Waals surface area (Å²) in [5, 5.41) is 20.7. The number of ether oxygens (including phenoxy) is 1. The summed E-state index contributed by atoms with van der Waals surface area (Å²) in [4.78, 5) is 16.5. The molecule has 0 bridgehead atoms. The highest BCUT2D eigenvalue weighted by Gasteiger charge is 2.26. The molecule has 4 aromatic rings. The number of hydrogen-bond acceptors (Lipinski definition) is 7. The molecule has 0 amide bonds. The van der Waals surface area contributed by atoms with Gasteiger partial charge in [0.2, 0.25) is 5.75 Å². The number of aromatic nitrogens is 5. The number of halogens is 3. The molecule has 0 spiro atoms. The van der Waals surface area contributed by atoms with Crippen molar-refractivity contribution in [1.29, 1.82) is 0 Å². The summed E-state index contributed by atoms with van der Waals surface area (Å²) in [7, 11) is 3.61. The van der Waals surface area contributed by atoms with E-state index < -0.39 is 22.7 Å². The average molecular weight is 579 g/mol. The first-order valence-electron chi connectivity index (χ1n) is 10.9. The van der Waals surface area contributed by atoms with Gasteiger partial charge >= 0.3 is 5.82 Å². The molecule has 0 aliphatic rings. The van der Waals surface area contributed by atoms with Crippen LogP contribution in [0.5, 0.6) is 5.75 Å². The van der Waals surface area contributed by atoms with E-state index in [4.69, 9.17) is 16.3 Å². The van der Waals surface area contributed by atoms with E-state index in [1.807, 2.05) is 31.3 Å². The van der Waals surface area contributed by atoms with Crippen LogP contribution in [0.15, 0.2) is 47.3 Å². The van der Waals surface area contributed by atoms with Crippen molar-refractivity contribution < 1.29 is 14.1 Å². The maximum absolute atomic E-state index is 14.4. The summed E-state index contributed by atoms with van der Waals surface area (Å²) < 4.78 is 24.2. The van der Waals surface area contributed by atoms with E-state index in [0.29, 0.717) is 44.4 Å². The minimum atomic E-state index is -0.780. The summed E-state index contributed by atoms with van der Waals surface area (Å²) in [6.07, 6.45) is 4.18. The molecule has 3 aromatic heterocycles. The first-order valence-corrected chi connectivity index (χ1v) is 12.0. The molecule has 0 aliphatic carbocycles. The van der Waals surface area contributed by atoms with Gasteiger partial charge < -0.3 is 19.8 Å². The van der Waals surface area contributed by atoms with Crippen LogP contribution in [-0.2, 0) is 13.6 Å². The second kappa shape index (κ2) is 10.2. The van der Waals surface area contributed by atoms with E-state index in [9.17, 15) is 14.5 Å². The molecular formula is C23H22BrClFN7O3. The minimum Gasteiger partial charge on any atom is -0.478 e. The van der Waals surface area contributed by atoms with Crippen LogP contribution in [-0.4, -0.2) is 36.5 Å². The lowest BCUT2D eigenvalue weighted by atomic mass is 9.99. The van der Waals surface area contributed by atoms with Gasteiger partial charge in [-0.25, -0.2) is 4.39 Å². The molecule has 0 N–H and O–H groups in total. The summed E-state index contributed by atoms with van der Waals surface area (Å²) in [6.45, 7) is 4.29. The molecule has 0 saturated carbocycles. The lowest BCUT2D eigenvalue weighted by molar-refractivity contribution is -0.390. The molecule has 0 unspecified atom stereocenters. The highest BCUT2D eigenvalue weighted by atomic mass is 79.9. The molecule has 3 heterocycles. The van der Waals surface area contributed by atoms with Gasteiger partial charge in [-0.1, -0.05) is 11.6 Å². The molecule has 0 aliphatic heterocycles. The van der Waals surface area contributed by atoms with Gasteiger partial charge in [0, 0.05) is 44.0 Å². The van der Waals surface area contributed by atoms with Crippen molar-refractivity contribution in [3.05, 3.63) is 74.0 Å². The quantitative estimate of drug-likeness (QED) is 0.185. The number of anilines is 2. The van der Waals surface area contributed by atoms with E-state index in [-0.39, 0.29) is 5.75 Å².